The maximum atomic E-state index is 9.90. The zero-order valence-corrected chi connectivity index (χ0v) is 10.4. The van der Waals surface area contributed by atoms with Crippen molar-refractivity contribution in [3.8, 4) is 6.07 Å². The standard InChI is InChI=1S/C15H18N2O/c16-7-11-3-1-2-4-12(11)8-17-9-13-5-6-15(18)14(13)10-17/h1-4,13-15,18H,5-6,8-10H2. The Bertz CT molecular complexity index is 480. The van der Waals surface area contributed by atoms with E-state index in [0.717, 1.165) is 43.6 Å². The minimum Gasteiger partial charge on any atom is -0.393 e. The van der Waals surface area contributed by atoms with Gasteiger partial charge >= 0.3 is 0 Å². The largest absolute Gasteiger partial charge is 0.393 e. The van der Waals surface area contributed by atoms with Gasteiger partial charge in [-0.2, -0.15) is 5.26 Å². The second-order valence-corrected chi connectivity index (χ2v) is 5.53. The van der Waals surface area contributed by atoms with E-state index in [-0.39, 0.29) is 6.10 Å². The van der Waals surface area contributed by atoms with Crippen molar-refractivity contribution >= 4 is 0 Å². The predicted molar refractivity (Wildman–Crippen MR) is 68.7 cm³/mol. The number of fused-ring (bicyclic) bond motifs is 1. The predicted octanol–water partition coefficient (Wildman–Crippen LogP) is 1.76. The summed E-state index contributed by atoms with van der Waals surface area (Å²) >= 11 is 0. The molecule has 3 nitrogen and oxygen atoms in total. The minimum atomic E-state index is -0.105. The van der Waals surface area contributed by atoms with Crippen molar-refractivity contribution in [3.05, 3.63) is 35.4 Å². The fourth-order valence-electron chi connectivity index (χ4n) is 3.47. The van der Waals surface area contributed by atoms with Gasteiger partial charge in [0.2, 0.25) is 0 Å². The molecular formula is C15H18N2O. The highest BCUT2D eigenvalue weighted by Crippen LogP contribution is 2.38. The molecule has 1 aliphatic heterocycles. The van der Waals surface area contributed by atoms with Crippen molar-refractivity contribution in [1.82, 2.24) is 4.90 Å². The van der Waals surface area contributed by atoms with Gasteiger partial charge in [0.25, 0.3) is 0 Å². The molecule has 0 spiro atoms. The molecule has 2 fully saturated rings. The van der Waals surface area contributed by atoms with Crippen LogP contribution in [0.5, 0.6) is 0 Å². The lowest BCUT2D eigenvalue weighted by atomic mass is 10.00. The molecule has 1 aliphatic carbocycles. The molecule has 1 saturated heterocycles. The first-order valence-electron chi connectivity index (χ1n) is 6.66. The van der Waals surface area contributed by atoms with Crippen molar-refractivity contribution < 1.29 is 5.11 Å². The fourth-order valence-corrected chi connectivity index (χ4v) is 3.47. The maximum absolute atomic E-state index is 9.90. The average molecular weight is 242 g/mol. The number of aliphatic hydroxyl groups excluding tert-OH is 1. The number of hydrogen-bond acceptors (Lipinski definition) is 3. The zero-order chi connectivity index (χ0) is 12.5. The van der Waals surface area contributed by atoms with Gasteiger partial charge < -0.3 is 5.11 Å². The number of nitrogens with zero attached hydrogens (tertiary/aromatic N) is 2. The lowest BCUT2D eigenvalue weighted by molar-refractivity contribution is 0.123. The molecular weight excluding hydrogens is 224 g/mol. The molecule has 3 heteroatoms. The molecule has 1 aromatic rings. The van der Waals surface area contributed by atoms with Gasteiger partial charge in [0, 0.05) is 25.6 Å². The average Bonchev–Trinajstić information content (AvgIpc) is 2.93. The Labute approximate surface area is 108 Å². The summed E-state index contributed by atoms with van der Waals surface area (Å²) in [5.41, 5.74) is 1.88. The van der Waals surface area contributed by atoms with Gasteiger partial charge in [-0.25, -0.2) is 0 Å². The SMILES string of the molecule is N#Cc1ccccc1CN1CC2CCC(O)C2C1. The van der Waals surface area contributed by atoms with Gasteiger partial charge in [0.05, 0.1) is 17.7 Å². The molecule has 0 radical (unpaired) electrons. The Kier molecular flexibility index (Phi) is 3.07. The second kappa shape index (κ2) is 4.72. The normalized spacial score (nSPS) is 31.2. The highest BCUT2D eigenvalue weighted by atomic mass is 16.3. The van der Waals surface area contributed by atoms with Crippen LogP contribution in [0.3, 0.4) is 0 Å². The number of hydrogen-bond donors (Lipinski definition) is 1. The summed E-state index contributed by atoms with van der Waals surface area (Å²) in [7, 11) is 0. The van der Waals surface area contributed by atoms with Crippen molar-refractivity contribution in [3.63, 3.8) is 0 Å². The van der Waals surface area contributed by atoms with Gasteiger partial charge in [-0.15, -0.1) is 0 Å². The third-order valence-corrected chi connectivity index (χ3v) is 4.43. The van der Waals surface area contributed by atoms with Gasteiger partial charge in [0.1, 0.15) is 0 Å². The van der Waals surface area contributed by atoms with E-state index >= 15 is 0 Å². The highest BCUT2D eigenvalue weighted by molar-refractivity contribution is 5.37. The lowest BCUT2D eigenvalue weighted by Gasteiger charge is -2.18. The van der Waals surface area contributed by atoms with Crippen LogP contribution in [0.4, 0.5) is 0 Å². The van der Waals surface area contributed by atoms with E-state index in [4.69, 9.17) is 5.26 Å². The Morgan fingerprint density at radius 1 is 1.28 bits per heavy atom. The quantitative estimate of drug-likeness (QED) is 0.859. The summed E-state index contributed by atoms with van der Waals surface area (Å²) in [5.74, 6) is 1.12. The third kappa shape index (κ3) is 2.03. The molecule has 0 bridgehead atoms. The molecule has 1 N–H and O–H groups in total. The van der Waals surface area contributed by atoms with Gasteiger partial charge in [0.15, 0.2) is 0 Å². The van der Waals surface area contributed by atoms with Gasteiger partial charge in [-0.3, -0.25) is 4.90 Å². The van der Waals surface area contributed by atoms with Crippen LogP contribution in [0.25, 0.3) is 0 Å². The van der Waals surface area contributed by atoms with Crippen LogP contribution < -0.4 is 0 Å². The van der Waals surface area contributed by atoms with E-state index < -0.39 is 0 Å². The molecule has 3 rings (SSSR count). The monoisotopic (exact) mass is 242 g/mol. The van der Waals surface area contributed by atoms with Crippen LogP contribution in [0.1, 0.15) is 24.0 Å². The van der Waals surface area contributed by atoms with Crippen LogP contribution in [-0.2, 0) is 6.54 Å². The van der Waals surface area contributed by atoms with Crippen molar-refractivity contribution in [2.45, 2.75) is 25.5 Å². The van der Waals surface area contributed by atoms with E-state index in [0.29, 0.717) is 11.8 Å². The molecule has 94 valence electrons. The molecule has 0 amide bonds. The molecule has 18 heavy (non-hydrogen) atoms. The van der Waals surface area contributed by atoms with E-state index in [9.17, 15) is 5.11 Å². The molecule has 0 aromatic heterocycles. The van der Waals surface area contributed by atoms with E-state index in [1.54, 1.807) is 0 Å². The lowest BCUT2D eigenvalue weighted by Crippen LogP contribution is -2.24. The second-order valence-electron chi connectivity index (χ2n) is 5.53. The maximum Gasteiger partial charge on any atom is 0.0995 e. The first-order valence-corrected chi connectivity index (χ1v) is 6.66. The first kappa shape index (κ1) is 11.7. The summed E-state index contributed by atoms with van der Waals surface area (Å²) in [5, 5.41) is 19.0. The number of aliphatic hydroxyl groups is 1. The number of likely N-dealkylation sites (tertiary alicyclic amines) is 1. The molecule has 1 heterocycles. The first-order chi connectivity index (χ1) is 8.78. The van der Waals surface area contributed by atoms with E-state index in [2.05, 4.69) is 11.0 Å². The van der Waals surface area contributed by atoms with Crippen LogP contribution in [0.15, 0.2) is 24.3 Å². The van der Waals surface area contributed by atoms with E-state index in [1.807, 2.05) is 24.3 Å². The van der Waals surface area contributed by atoms with Gasteiger partial charge in [-0.1, -0.05) is 18.2 Å². The van der Waals surface area contributed by atoms with E-state index in [1.165, 1.54) is 0 Å². The zero-order valence-electron chi connectivity index (χ0n) is 10.4. The highest BCUT2D eigenvalue weighted by Gasteiger charge is 2.41. The molecule has 1 saturated carbocycles. The number of benzene rings is 1. The molecule has 1 aromatic carbocycles. The summed E-state index contributed by atoms with van der Waals surface area (Å²) < 4.78 is 0. The number of nitriles is 1. The van der Waals surface area contributed by atoms with Crippen molar-refractivity contribution in [2.75, 3.05) is 13.1 Å². The Morgan fingerprint density at radius 2 is 2.11 bits per heavy atom. The summed E-state index contributed by atoms with van der Waals surface area (Å²) in [6.45, 7) is 2.89. The third-order valence-electron chi connectivity index (χ3n) is 4.43. The smallest absolute Gasteiger partial charge is 0.0995 e. The van der Waals surface area contributed by atoms with Crippen LogP contribution in [0.2, 0.25) is 0 Å². The van der Waals surface area contributed by atoms with Crippen LogP contribution in [0, 0.1) is 23.2 Å². The summed E-state index contributed by atoms with van der Waals surface area (Å²) in [4.78, 5) is 2.38. The van der Waals surface area contributed by atoms with Crippen molar-refractivity contribution in [1.29, 1.82) is 5.26 Å². The van der Waals surface area contributed by atoms with Crippen LogP contribution in [-0.4, -0.2) is 29.2 Å². The molecule has 3 atom stereocenters. The number of rotatable bonds is 2. The summed E-state index contributed by atoms with van der Waals surface area (Å²) in [6, 6.07) is 10.1. The molecule has 3 unspecified atom stereocenters. The Hall–Kier alpha value is -1.37. The Morgan fingerprint density at radius 3 is 2.89 bits per heavy atom. The van der Waals surface area contributed by atoms with Gasteiger partial charge in [-0.05, 0) is 30.4 Å². The van der Waals surface area contributed by atoms with Crippen molar-refractivity contribution in [2.24, 2.45) is 11.8 Å². The minimum absolute atomic E-state index is 0.105. The summed E-state index contributed by atoms with van der Waals surface area (Å²) in [6.07, 6.45) is 2.02. The molecule has 2 aliphatic rings. The topological polar surface area (TPSA) is 47.3 Å². The Balaban J connectivity index is 1.70. The van der Waals surface area contributed by atoms with Crippen LogP contribution >= 0.6 is 0 Å². The fraction of sp³-hybridized carbons (Fsp3) is 0.533.